The van der Waals surface area contributed by atoms with Gasteiger partial charge in [0.05, 0.1) is 5.69 Å². The molecule has 0 aliphatic carbocycles. The van der Waals surface area contributed by atoms with Gasteiger partial charge in [-0.2, -0.15) is 0 Å². The molecule has 4 N–H and O–H groups in total. The van der Waals surface area contributed by atoms with E-state index in [2.05, 4.69) is 5.43 Å². The molecule has 0 atom stereocenters. The molecule has 70 valence electrons. The highest BCUT2D eigenvalue weighted by Crippen LogP contribution is 2.11. The lowest BCUT2D eigenvalue weighted by atomic mass is 10.2. The zero-order valence-electron chi connectivity index (χ0n) is 7.62. The van der Waals surface area contributed by atoms with E-state index in [-0.39, 0.29) is 0 Å². The van der Waals surface area contributed by atoms with E-state index in [0.717, 1.165) is 11.3 Å². The Morgan fingerprint density at radius 1 is 1.46 bits per heavy atom. The Bertz CT molecular complexity index is 267. The number of nitrogens with two attached hydrogens (primary N) is 1. The van der Waals surface area contributed by atoms with E-state index in [4.69, 9.17) is 11.1 Å². The second-order valence-electron chi connectivity index (χ2n) is 2.59. The summed E-state index contributed by atoms with van der Waals surface area (Å²) in [5.41, 5.74) is 10.3. The Kier molecular flexibility index (Phi) is 3.42. The minimum Gasteiger partial charge on any atom is -0.326 e. The van der Waals surface area contributed by atoms with Gasteiger partial charge in [0, 0.05) is 13.6 Å². The van der Waals surface area contributed by atoms with Crippen molar-refractivity contribution in [1.29, 1.82) is 5.41 Å². The number of hydrazine groups is 1. The summed E-state index contributed by atoms with van der Waals surface area (Å²) < 4.78 is 0. The predicted octanol–water partition coefficient (Wildman–Crippen LogP) is 0.693. The van der Waals surface area contributed by atoms with Crippen LogP contribution in [-0.2, 0) is 6.54 Å². The molecule has 1 rings (SSSR count). The molecule has 4 heteroatoms. The third kappa shape index (κ3) is 2.27. The van der Waals surface area contributed by atoms with Crippen LogP contribution in [-0.4, -0.2) is 13.4 Å². The lowest BCUT2D eigenvalue weighted by Crippen LogP contribution is -2.33. The van der Waals surface area contributed by atoms with Gasteiger partial charge in [0.1, 0.15) is 6.34 Å². The molecule has 0 saturated heterocycles. The molecule has 0 bridgehead atoms. The summed E-state index contributed by atoms with van der Waals surface area (Å²) in [5.74, 6) is 0. The second-order valence-corrected chi connectivity index (χ2v) is 2.59. The SMILES string of the molecule is CNN(C=N)c1ccc(CN)cc1. The first-order chi connectivity index (χ1) is 6.31. The van der Waals surface area contributed by atoms with E-state index in [9.17, 15) is 0 Å². The summed E-state index contributed by atoms with van der Waals surface area (Å²) >= 11 is 0. The van der Waals surface area contributed by atoms with Crippen LogP contribution in [0.3, 0.4) is 0 Å². The van der Waals surface area contributed by atoms with E-state index in [1.807, 2.05) is 24.3 Å². The first-order valence-corrected chi connectivity index (χ1v) is 4.08. The molecule has 0 spiro atoms. The molecule has 0 aliphatic heterocycles. The van der Waals surface area contributed by atoms with Gasteiger partial charge in [-0.15, -0.1) is 0 Å². The molecule has 0 aliphatic rings. The zero-order chi connectivity index (χ0) is 9.68. The van der Waals surface area contributed by atoms with E-state index < -0.39 is 0 Å². The number of hydrogen-bond acceptors (Lipinski definition) is 3. The second kappa shape index (κ2) is 4.59. The normalized spacial score (nSPS) is 9.69. The highest BCUT2D eigenvalue weighted by Gasteiger charge is 1.98. The third-order valence-corrected chi connectivity index (χ3v) is 1.82. The van der Waals surface area contributed by atoms with Crippen LogP contribution in [0.1, 0.15) is 5.56 Å². The van der Waals surface area contributed by atoms with Crippen LogP contribution < -0.4 is 16.2 Å². The summed E-state index contributed by atoms with van der Waals surface area (Å²) in [6.07, 6.45) is 1.22. The van der Waals surface area contributed by atoms with E-state index in [1.54, 1.807) is 12.1 Å². The van der Waals surface area contributed by atoms with Gasteiger partial charge in [-0.1, -0.05) is 12.1 Å². The maximum absolute atomic E-state index is 7.11. The van der Waals surface area contributed by atoms with Gasteiger partial charge in [0.25, 0.3) is 0 Å². The highest BCUT2D eigenvalue weighted by atomic mass is 15.5. The molecule has 0 amide bonds. The summed E-state index contributed by atoms with van der Waals surface area (Å²) in [6.45, 7) is 0.546. The Hall–Kier alpha value is -1.39. The van der Waals surface area contributed by atoms with Gasteiger partial charge in [-0.05, 0) is 17.7 Å². The van der Waals surface area contributed by atoms with Crippen LogP contribution in [0.4, 0.5) is 5.69 Å². The first kappa shape index (κ1) is 9.70. The van der Waals surface area contributed by atoms with Crippen molar-refractivity contribution < 1.29 is 0 Å². The number of anilines is 1. The Morgan fingerprint density at radius 2 is 2.08 bits per heavy atom. The maximum Gasteiger partial charge on any atom is 0.101 e. The highest BCUT2D eigenvalue weighted by molar-refractivity contribution is 5.75. The van der Waals surface area contributed by atoms with Crippen molar-refractivity contribution in [1.82, 2.24) is 5.43 Å². The summed E-state index contributed by atoms with van der Waals surface area (Å²) in [5, 5.41) is 8.72. The summed E-state index contributed by atoms with van der Waals surface area (Å²) in [7, 11) is 1.77. The van der Waals surface area contributed by atoms with E-state index in [1.165, 1.54) is 6.34 Å². The Labute approximate surface area is 77.8 Å². The molecule has 0 unspecified atom stereocenters. The minimum atomic E-state index is 0.546. The molecule has 0 fully saturated rings. The predicted molar refractivity (Wildman–Crippen MR) is 54.7 cm³/mol. The minimum absolute atomic E-state index is 0.546. The van der Waals surface area contributed by atoms with Gasteiger partial charge >= 0.3 is 0 Å². The van der Waals surface area contributed by atoms with E-state index >= 15 is 0 Å². The zero-order valence-corrected chi connectivity index (χ0v) is 7.62. The van der Waals surface area contributed by atoms with Gasteiger partial charge in [-0.3, -0.25) is 10.4 Å². The molecule has 0 heterocycles. The van der Waals surface area contributed by atoms with Gasteiger partial charge in [0.2, 0.25) is 0 Å². The van der Waals surface area contributed by atoms with Gasteiger partial charge in [0.15, 0.2) is 0 Å². The van der Waals surface area contributed by atoms with Crippen molar-refractivity contribution in [2.24, 2.45) is 5.73 Å². The molecule has 13 heavy (non-hydrogen) atoms. The molecule has 1 aromatic carbocycles. The van der Waals surface area contributed by atoms with E-state index in [0.29, 0.717) is 6.54 Å². The largest absolute Gasteiger partial charge is 0.326 e. The monoisotopic (exact) mass is 178 g/mol. The standard InChI is InChI=1S/C9H14N4/c1-12-13(7-11)9-4-2-8(6-10)3-5-9/h2-5,7,11-12H,6,10H2,1H3. The fourth-order valence-corrected chi connectivity index (χ4v) is 1.06. The average Bonchev–Trinajstić information content (AvgIpc) is 2.21. The van der Waals surface area contributed by atoms with Crippen molar-refractivity contribution in [3.63, 3.8) is 0 Å². The number of nitrogens with zero attached hydrogens (tertiary/aromatic N) is 1. The Morgan fingerprint density at radius 3 is 2.46 bits per heavy atom. The van der Waals surface area contributed by atoms with Crippen LogP contribution >= 0.6 is 0 Å². The van der Waals surface area contributed by atoms with Crippen molar-refractivity contribution in [2.75, 3.05) is 12.1 Å². The van der Waals surface area contributed by atoms with Gasteiger partial charge < -0.3 is 5.73 Å². The first-order valence-electron chi connectivity index (χ1n) is 4.08. The van der Waals surface area contributed by atoms with Crippen molar-refractivity contribution in [2.45, 2.75) is 6.54 Å². The van der Waals surface area contributed by atoms with Crippen LogP contribution in [0.5, 0.6) is 0 Å². The third-order valence-electron chi connectivity index (χ3n) is 1.82. The van der Waals surface area contributed by atoms with Crippen LogP contribution in [0.25, 0.3) is 0 Å². The van der Waals surface area contributed by atoms with Crippen LogP contribution in [0, 0.1) is 5.41 Å². The molecule has 0 saturated carbocycles. The lowest BCUT2D eigenvalue weighted by Gasteiger charge is -2.17. The average molecular weight is 178 g/mol. The number of benzene rings is 1. The van der Waals surface area contributed by atoms with Gasteiger partial charge in [-0.25, -0.2) is 5.43 Å². The number of rotatable bonds is 4. The van der Waals surface area contributed by atoms with Crippen LogP contribution in [0.2, 0.25) is 0 Å². The van der Waals surface area contributed by atoms with Crippen molar-refractivity contribution in [3.8, 4) is 0 Å². The Balaban J connectivity index is 2.83. The quantitative estimate of drug-likeness (QED) is 0.361. The smallest absolute Gasteiger partial charge is 0.101 e. The topological polar surface area (TPSA) is 65.1 Å². The number of hydrogen-bond donors (Lipinski definition) is 3. The maximum atomic E-state index is 7.11. The lowest BCUT2D eigenvalue weighted by molar-refractivity contribution is 0.866. The van der Waals surface area contributed by atoms with Crippen molar-refractivity contribution >= 4 is 12.0 Å². The summed E-state index contributed by atoms with van der Waals surface area (Å²) in [6, 6.07) is 7.74. The number of nitrogens with one attached hydrogen (secondary N) is 2. The molecule has 1 aromatic rings. The van der Waals surface area contributed by atoms with Crippen LogP contribution in [0.15, 0.2) is 24.3 Å². The summed E-state index contributed by atoms with van der Waals surface area (Å²) in [4.78, 5) is 0. The molecular formula is C9H14N4. The molecule has 0 radical (unpaired) electrons. The molecular weight excluding hydrogens is 164 g/mol. The molecule has 4 nitrogen and oxygen atoms in total. The fourth-order valence-electron chi connectivity index (χ4n) is 1.06. The van der Waals surface area contributed by atoms with Crippen molar-refractivity contribution in [3.05, 3.63) is 29.8 Å². The fraction of sp³-hybridized carbons (Fsp3) is 0.222. The molecule has 0 aromatic heterocycles.